The molecule has 3 heterocycles. The minimum absolute atomic E-state index is 0.183. The first-order valence-corrected chi connectivity index (χ1v) is 7.45. The van der Waals surface area contributed by atoms with Crippen LogP contribution in [0.25, 0.3) is 11.3 Å². The number of aromatic nitrogens is 2. The molecule has 2 aromatic heterocycles. The number of rotatable bonds is 4. The van der Waals surface area contributed by atoms with Gasteiger partial charge in [0.25, 0.3) is 0 Å². The van der Waals surface area contributed by atoms with Gasteiger partial charge in [-0.2, -0.15) is 0 Å². The van der Waals surface area contributed by atoms with E-state index in [2.05, 4.69) is 21.9 Å². The van der Waals surface area contributed by atoms with Crippen LogP contribution in [0.5, 0.6) is 0 Å². The Morgan fingerprint density at radius 1 is 1.41 bits per heavy atom. The van der Waals surface area contributed by atoms with E-state index in [1.165, 1.54) is 12.6 Å². The maximum Gasteiger partial charge on any atom is 0.337 e. The number of carboxylic acids is 1. The van der Waals surface area contributed by atoms with Gasteiger partial charge in [0.15, 0.2) is 0 Å². The van der Waals surface area contributed by atoms with Crippen molar-refractivity contribution >= 4 is 5.97 Å². The fraction of sp³-hybridized carbons (Fsp3) is 0.353. The minimum atomic E-state index is -0.973. The lowest BCUT2D eigenvalue weighted by Crippen LogP contribution is -2.15. The molecule has 0 amide bonds. The number of likely N-dealkylation sites (tertiary alicyclic amines) is 1. The molecular formula is C17H19N3O2. The van der Waals surface area contributed by atoms with Crippen LogP contribution >= 0.6 is 0 Å². The Morgan fingerprint density at radius 2 is 2.27 bits per heavy atom. The summed E-state index contributed by atoms with van der Waals surface area (Å²) in [4.78, 5) is 22.1. The number of nitrogens with zero attached hydrogens (tertiary/aromatic N) is 3. The average Bonchev–Trinajstić information content (AvgIpc) is 2.93. The van der Waals surface area contributed by atoms with Crippen molar-refractivity contribution in [2.24, 2.45) is 5.92 Å². The van der Waals surface area contributed by atoms with E-state index in [0.717, 1.165) is 36.5 Å². The van der Waals surface area contributed by atoms with Gasteiger partial charge >= 0.3 is 5.97 Å². The number of carbonyl (C=O) groups is 1. The molecule has 5 heteroatoms. The standard InChI is InChI=1S/C17H19N3O2/c1-20-6-5-12(11-20)7-15-3-2-4-16(19-15)13-8-14(17(21)22)10-18-9-13/h2-4,8-10,12H,5-7,11H2,1H3,(H,21,22)/t12-/m0/s1. The van der Waals surface area contributed by atoms with E-state index in [4.69, 9.17) is 5.11 Å². The van der Waals surface area contributed by atoms with Crippen LogP contribution in [0.3, 0.4) is 0 Å². The largest absolute Gasteiger partial charge is 0.478 e. The monoisotopic (exact) mass is 297 g/mol. The van der Waals surface area contributed by atoms with E-state index in [-0.39, 0.29) is 5.56 Å². The highest BCUT2D eigenvalue weighted by Gasteiger charge is 2.20. The Hall–Kier alpha value is -2.27. The molecule has 0 unspecified atom stereocenters. The molecule has 0 aromatic carbocycles. The quantitative estimate of drug-likeness (QED) is 0.938. The van der Waals surface area contributed by atoms with Gasteiger partial charge in [-0.25, -0.2) is 4.79 Å². The lowest BCUT2D eigenvalue weighted by molar-refractivity contribution is 0.0696. The zero-order valence-corrected chi connectivity index (χ0v) is 12.6. The summed E-state index contributed by atoms with van der Waals surface area (Å²) in [7, 11) is 2.15. The van der Waals surface area contributed by atoms with Crippen molar-refractivity contribution in [2.45, 2.75) is 12.8 Å². The van der Waals surface area contributed by atoms with Crippen molar-refractivity contribution < 1.29 is 9.90 Å². The van der Waals surface area contributed by atoms with Crippen LogP contribution in [0, 0.1) is 5.92 Å². The molecule has 0 bridgehead atoms. The second kappa shape index (κ2) is 6.23. The molecule has 114 valence electrons. The van der Waals surface area contributed by atoms with Crippen LogP contribution in [-0.2, 0) is 6.42 Å². The van der Waals surface area contributed by atoms with Gasteiger partial charge in [0.05, 0.1) is 11.3 Å². The van der Waals surface area contributed by atoms with Crippen molar-refractivity contribution in [3.8, 4) is 11.3 Å². The van der Waals surface area contributed by atoms with Gasteiger partial charge in [-0.15, -0.1) is 0 Å². The van der Waals surface area contributed by atoms with Crippen LogP contribution in [0.1, 0.15) is 22.5 Å². The molecule has 3 rings (SSSR count). The zero-order chi connectivity index (χ0) is 15.5. The van der Waals surface area contributed by atoms with Gasteiger partial charge in [-0.3, -0.25) is 9.97 Å². The van der Waals surface area contributed by atoms with Gasteiger partial charge in [-0.05, 0) is 50.6 Å². The molecule has 1 aliphatic rings. The topological polar surface area (TPSA) is 66.3 Å². The summed E-state index contributed by atoms with van der Waals surface area (Å²) >= 11 is 0. The summed E-state index contributed by atoms with van der Waals surface area (Å²) < 4.78 is 0. The van der Waals surface area contributed by atoms with Crippen molar-refractivity contribution in [1.29, 1.82) is 0 Å². The van der Waals surface area contributed by atoms with E-state index in [1.807, 2.05) is 18.2 Å². The molecule has 0 spiro atoms. The Balaban J connectivity index is 1.81. The predicted molar refractivity (Wildman–Crippen MR) is 83.7 cm³/mol. The van der Waals surface area contributed by atoms with Gasteiger partial charge in [0.1, 0.15) is 0 Å². The lowest BCUT2D eigenvalue weighted by Gasteiger charge is -2.11. The highest BCUT2D eigenvalue weighted by atomic mass is 16.4. The molecule has 1 aliphatic heterocycles. The molecule has 22 heavy (non-hydrogen) atoms. The first-order chi connectivity index (χ1) is 10.6. The third kappa shape index (κ3) is 3.31. The molecule has 2 aromatic rings. The summed E-state index contributed by atoms with van der Waals surface area (Å²) in [6.07, 6.45) is 5.18. The van der Waals surface area contributed by atoms with E-state index in [1.54, 1.807) is 12.3 Å². The Labute approximate surface area is 129 Å². The molecular weight excluding hydrogens is 278 g/mol. The summed E-state index contributed by atoms with van der Waals surface area (Å²) in [6, 6.07) is 7.53. The van der Waals surface area contributed by atoms with Crippen molar-refractivity contribution in [3.63, 3.8) is 0 Å². The molecule has 5 nitrogen and oxygen atoms in total. The Kier molecular flexibility index (Phi) is 4.15. The third-order valence-corrected chi connectivity index (χ3v) is 4.07. The van der Waals surface area contributed by atoms with Crippen molar-refractivity contribution in [3.05, 3.63) is 47.9 Å². The molecule has 0 aliphatic carbocycles. The normalized spacial score (nSPS) is 18.5. The maximum absolute atomic E-state index is 11.0. The highest BCUT2D eigenvalue weighted by molar-refractivity contribution is 5.88. The summed E-state index contributed by atoms with van der Waals surface area (Å²) in [5.74, 6) is -0.323. The van der Waals surface area contributed by atoms with Gasteiger partial charge in [0, 0.05) is 30.2 Å². The Morgan fingerprint density at radius 3 is 3.00 bits per heavy atom. The van der Waals surface area contributed by atoms with E-state index >= 15 is 0 Å². The van der Waals surface area contributed by atoms with Crippen molar-refractivity contribution in [2.75, 3.05) is 20.1 Å². The predicted octanol–water partition coefficient (Wildman–Crippen LogP) is 2.34. The van der Waals surface area contributed by atoms with Crippen LogP contribution in [0.15, 0.2) is 36.7 Å². The van der Waals surface area contributed by atoms with Crippen LogP contribution in [-0.4, -0.2) is 46.1 Å². The van der Waals surface area contributed by atoms with E-state index in [0.29, 0.717) is 5.92 Å². The zero-order valence-electron chi connectivity index (χ0n) is 12.6. The second-order valence-corrected chi connectivity index (χ2v) is 5.90. The highest BCUT2D eigenvalue weighted by Crippen LogP contribution is 2.22. The number of hydrogen-bond donors (Lipinski definition) is 1. The molecule has 1 fully saturated rings. The molecule has 1 atom stereocenters. The smallest absolute Gasteiger partial charge is 0.337 e. The first kappa shape index (κ1) is 14.7. The van der Waals surface area contributed by atoms with E-state index < -0.39 is 5.97 Å². The molecule has 0 radical (unpaired) electrons. The second-order valence-electron chi connectivity index (χ2n) is 5.90. The lowest BCUT2D eigenvalue weighted by atomic mass is 10.0. The first-order valence-electron chi connectivity index (χ1n) is 7.45. The van der Waals surface area contributed by atoms with Gasteiger partial charge < -0.3 is 10.0 Å². The van der Waals surface area contributed by atoms with Crippen LogP contribution in [0.2, 0.25) is 0 Å². The Bertz CT molecular complexity index is 687. The van der Waals surface area contributed by atoms with Crippen LogP contribution < -0.4 is 0 Å². The van der Waals surface area contributed by atoms with Gasteiger partial charge in [0.2, 0.25) is 0 Å². The van der Waals surface area contributed by atoms with Crippen molar-refractivity contribution in [1.82, 2.24) is 14.9 Å². The molecule has 0 saturated carbocycles. The molecule has 1 saturated heterocycles. The number of aromatic carboxylic acids is 1. The average molecular weight is 297 g/mol. The molecule has 1 N–H and O–H groups in total. The third-order valence-electron chi connectivity index (χ3n) is 4.07. The number of carboxylic acid groups (broad SMARTS) is 1. The summed E-state index contributed by atoms with van der Waals surface area (Å²) in [5.41, 5.74) is 2.75. The fourth-order valence-electron chi connectivity index (χ4n) is 2.94. The number of hydrogen-bond acceptors (Lipinski definition) is 4. The summed E-state index contributed by atoms with van der Waals surface area (Å²) in [5, 5.41) is 9.06. The number of pyridine rings is 2. The minimum Gasteiger partial charge on any atom is -0.478 e. The SMILES string of the molecule is CN1CC[C@@H](Cc2cccc(-c3cncc(C(=O)O)c3)n2)C1. The summed E-state index contributed by atoms with van der Waals surface area (Å²) in [6.45, 7) is 2.26. The van der Waals surface area contributed by atoms with Crippen LogP contribution in [0.4, 0.5) is 0 Å². The fourth-order valence-corrected chi connectivity index (χ4v) is 2.94. The maximum atomic E-state index is 11.0. The van der Waals surface area contributed by atoms with Gasteiger partial charge in [-0.1, -0.05) is 6.07 Å². The van der Waals surface area contributed by atoms with E-state index in [9.17, 15) is 4.79 Å².